The van der Waals surface area contributed by atoms with E-state index in [-0.39, 0.29) is 24.9 Å². The molecular formula is C20H23FN2O2. The molecule has 0 saturated carbocycles. The van der Waals surface area contributed by atoms with E-state index in [1.54, 1.807) is 12.1 Å². The van der Waals surface area contributed by atoms with Crippen LogP contribution in [0.4, 0.5) is 4.39 Å². The van der Waals surface area contributed by atoms with Crippen LogP contribution in [0, 0.1) is 5.82 Å². The molecule has 2 aromatic carbocycles. The number of fused-ring (bicyclic) bond motifs is 1. The number of aliphatic hydroxyl groups excluding tert-OH is 1. The number of benzene rings is 2. The lowest BCUT2D eigenvalue weighted by Gasteiger charge is -2.29. The Bertz CT molecular complexity index is 733. The molecule has 0 bridgehead atoms. The number of hydrogen-bond acceptors (Lipinski definition) is 3. The molecule has 1 amide bonds. The highest BCUT2D eigenvalue weighted by Gasteiger charge is 2.37. The zero-order valence-corrected chi connectivity index (χ0v) is 14.1. The lowest BCUT2D eigenvalue weighted by Crippen LogP contribution is -2.48. The van der Waals surface area contributed by atoms with E-state index in [1.807, 2.05) is 18.2 Å². The smallest absolute Gasteiger partial charge is 0.233 e. The van der Waals surface area contributed by atoms with Crippen molar-refractivity contribution in [2.75, 3.05) is 19.7 Å². The highest BCUT2D eigenvalue weighted by Crippen LogP contribution is 2.36. The molecule has 2 aromatic rings. The van der Waals surface area contributed by atoms with Crippen LogP contribution in [0.3, 0.4) is 0 Å². The third kappa shape index (κ3) is 4.06. The Morgan fingerprint density at radius 2 is 1.92 bits per heavy atom. The molecule has 0 fully saturated rings. The summed E-state index contributed by atoms with van der Waals surface area (Å²) in [5, 5.41) is 16.0. The van der Waals surface area contributed by atoms with Crippen LogP contribution in [0.1, 0.15) is 23.1 Å². The first-order valence-electron chi connectivity index (χ1n) is 8.58. The van der Waals surface area contributed by atoms with Crippen molar-refractivity contribution in [1.29, 1.82) is 0 Å². The van der Waals surface area contributed by atoms with E-state index in [1.165, 1.54) is 17.7 Å². The van der Waals surface area contributed by atoms with Gasteiger partial charge < -0.3 is 10.4 Å². The molecule has 4 nitrogen and oxygen atoms in total. The van der Waals surface area contributed by atoms with E-state index < -0.39 is 5.54 Å². The molecule has 0 radical (unpaired) electrons. The van der Waals surface area contributed by atoms with E-state index in [2.05, 4.69) is 16.7 Å². The van der Waals surface area contributed by atoms with Crippen molar-refractivity contribution in [1.82, 2.24) is 10.6 Å². The average molecular weight is 342 g/mol. The van der Waals surface area contributed by atoms with Crippen molar-refractivity contribution in [3.8, 4) is 0 Å². The van der Waals surface area contributed by atoms with E-state index in [9.17, 15) is 14.3 Å². The van der Waals surface area contributed by atoms with Crippen LogP contribution in [-0.2, 0) is 23.2 Å². The van der Waals surface area contributed by atoms with Gasteiger partial charge in [-0.05, 0) is 48.1 Å². The minimum atomic E-state index is -0.537. The van der Waals surface area contributed by atoms with E-state index in [0.717, 1.165) is 24.0 Å². The Kier molecular flexibility index (Phi) is 5.46. The summed E-state index contributed by atoms with van der Waals surface area (Å²) < 4.78 is 12.9. The normalized spacial score (nSPS) is 18.8. The number of aliphatic hydroxyl groups is 1. The topological polar surface area (TPSA) is 61.4 Å². The molecule has 3 rings (SSSR count). The Morgan fingerprint density at radius 1 is 1.16 bits per heavy atom. The van der Waals surface area contributed by atoms with Gasteiger partial charge in [-0.25, -0.2) is 4.39 Å². The number of rotatable bonds is 7. The minimum absolute atomic E-state index is 0.0348. The van der Waals surface area contributed by atoms with Gasteiger partial charge in [-0.2, -0.15) is 0 Å². The zero-order valence-electron chi connectivity index (χ0n) is 14.1. The van der Waals surface area contributed by atoms with Crippen molar-refractivity contribution < 1.29 is 14.3 Å². The first-order chi connectivity index (χ1) is 12.1. The summed E-state index contributed by atoms with van der Waals surface area (Å²) in [6, 6.07) is 14.3. The maximum Gasteiger partial charge on any atom is 0.233 e. The lowest BCUT2D eigenvalue weighted by atomic mass is 9.92. The van der Waals surface area contributed by atoms with Crippen LogP contribution in [0.15, 0.2) is 48.5 Å². The van der Waals surface area contributed by atoms with Gasteiger partial charge in [0.25, 0.3) is 0 Å². The van der Waals surface area contributed by atoms with Crippen molar-refractivity contribution in [3.63, 3.8) is 0 Å². The number of amides is 1. The molecule has 0 spiro atoms. The summed E-state index contributed by atoms with van der Waals surface area (Å²) in [5.74, 6) is -0.373. The predicted molar refractivity (Wildman–Crippen MR) is 94.6 cm³/mol. The maximum atomic E-state index is 12.9. The molecule has 5 heteroatoms. The van der Waals surface area contributed by atoms with Crippen LogP contribution in [0.5, 0.6) is 0 Å². The van der Waals surface area contributed by atoms with Gasteiger partial charge in [0.05, 0.1) is 18.7 Å². The van der Waals surface area contributed by atoms with E-state index in [4.69, 9.17) is 0 Å². The largest absolute Gasteiger partial charge is 0.394 e. The standard InChI is InChI=1S/C20H23FN2O2/c21-17-7-5-15(6-8-17)10-12-22-19(25)13-23-20(14-24)11-9-16-3-1-2-4-18(16)20/h1-8,23-24H,9-14H2,(H,22,25). The molecule has 3 N–H and O–H groups in total. The summed E-state index contributed by atoms with van der Waals surface area (Å²) in [6.07, 6.45) is 2.33. The lowest BCUT2D eigenvalue weighted by molar-refractivity contribution is -0.120. The SMILES string of the molecule is O=C(CNC1(CO)CCc2ccccc21)NCCc1ccc(F)cc1. The molecule has 1 unspecified atom stereocenters. The van der Waals surface area contributed by atoms with Gasteiger partial charge in [0.15, 0.2) is 0 Å². The van der Waals surface area contributed by atoms with Gasteiger partial charge >= 0.3 is 0 Å². The molecule has 0 aliphatic heterocycles. The fourth-order valence-electron chi connectivity index (χ4n) is 3.40. The van der Waals surface area contributed by atoms with E-state index >= 15 is 0 Å². The average Bonchev–Trinajstić information content (AvgIpc) is 3.01. The zero-order chi connectivity index (χ0) is 17.7. The minimum Gasteiger partial charge on any atom is -0.394 e. The van der Waals surface area contributed by atoms with Crippen molar-refractivity contribution in [2.45, 2.75) is 24.8 Å². The Balaban J connectivity index is 1.49. The van der Waals surface area contributed by atoms with Crippen LogP contribution in [0.25, 0.3) is 0 Å². The van der Waals surface area contributed by atoms with Crippen LogP contribution in [0.2, 0.25) is 0 Å². The quantitative estimate of drug-likeness (QED) is 0.720. The molecule has 132 valence electrons. The summed E-state index contributed by atoms with van der Waals surface area (Å²) in [6.45, 7) is 0.611. The third-order valence-electron chi connectivity index (χ3n) is 4.86. The summed E-state index contributed by atoms with van der Waals surface area (Å²) in [7, 11) is 0. The van der Waals surface area contributed by atoms with Gasteiger partial charge in [-0.3, -0.25) is 10.1 Å². The first-order valence-corrected chi connectivity index (χ1v) is 8.58. The second kappa shape index (κ2) is 7.76. The molecule has 1 aliphatic carbocycles. The van der Waals surface area contributed by atoms with Gasteiger partial charge in [0.1, 0.15) is 5.82 Å². The Hall–Kier alpha value is -2.24. The number of hydrogen-bond donors (Lipinski definition) is 3. The monoisotopic (exact) mass is 342 g/mol. The van der Waals surface area contributed by atoms with Crippen molar-refractivity contribution >= 4 is 5.91 Å². The molecule has 0 saturated heterocycles. The van der Waals surface area contributed by atoms with Crippen molar-refractivity contribution in [3.05, 3.63) is 71.0 Å². The molecular weight excluding hydrogens is 319 g/mol. The first kappa shape index (κ1) is 17.6. The highest BCUT2D eigenvalue weighted by molar-refractivity contribution is 5.78. The van der Waals surface area contributed by atoms with Gasteiger partial charge in [-0.1, -0.05) is 36.4 Å². The second-order valence-corrected chi connectivity index (χ2v) is 6.48. The maximum absolute atomic E-state index is 12.9. The highest BCUT2D eigenvalue weighted by atomic mass is 19.1. The number of halogens is 1. The predicted octanol–water partition coefficient (Wildman–Crippen LogP) is 1.91. The molecule has 0 aromatic heterocycles. The number of aryl methyl sites for hydroxylation is 1. The Morgan fingerprint density at radius 3 is 2.68 bits per heavy atom. The number of nitrogens with one attached hydrogen (secondary N) is 2. The van der Waals surface area contributed by atoms with Gasteiger partial charge in [0, 0.05) is 6.54 Å². The molecule has 25 heavy (non-hydrogen) atoms. The summed E-state index contributed by atoms with van der Waals surface area (Å²) in [4.78, 5) is 12.1. The van der Waals surface area contributed by atoms with Crippen LogP contribution >= 0.6 is 0 Å². The molecule has 1 aliphatic rings. The fourth-order valence-corrected chi connectivity index (χ4v) is 3.40. The second-order valence-electron chi connectivity index (χ2n) is 6.48. The molecule has 1 atom stereocenters. The van der Waals surface area contributed by atoms with Crippen molar-refractivity contribution in [2.24, 2.45) is 0 Å². The fraction of sp³-hybridized carbons (Fsp3) is 0.350. The summed E-state index contributed by atoms with van der Waals surface area (Å²) >= 11 is 0. The Labute approximate surface area is 147 Å². The van der Waals surface area contributed by atoms with Gasteiger partial charge in [-0.15, -0.1) is 0 Å². The number of carbonyl (C=O) groups is 1. The van der Waals surface area contributed by atoms with E-state index in [0.29, 0.717) is 13.0 Å². The van der Waals surface area contributed by atoms with Crippen LogP contribution in [-0.4, -0.2) is 30.7 Å². The summed E-state index contributed by atoms with van der Waals surface area (Å²) in [5.41, 5.74) is 2.74. The van der Waals surface area contributed by atoms with Crippen LogP contribution < -0.4 is 10.6 Å². The number of carbonyl (C=O) groups excluding carboxylic acids is 1. The van der Waals surface area contributed by atoms with Gasteiger partial charge in [0.2, 0.25) is 5.91 Å². The third-order valence-corrected chi connectivity index (χ3v) is 4.86. The molecule has 0 heterocycles.